The summed E-state index contributed by atoms with van der Waals surface area (Å²) in [5.74, 6) is 1.18. The molecule has 4 heteroatoms. The Bertz CT molecular complexity index is 568. The van der Waals surface area contributed by atoms with E-state index in [0.29, 0.717) is 11.3 Å². The van der Waals surface area contributed by atoms with Crippen LogP contribution in [0.5, 0.6) is 0 Å². The molecule has 0 aliphatic carbocycles. The minimum atomic E-state index is 0.317. The fraction of sp³-hybridized carbons (Fsp3) is 0.471. The molecule has 0 radical (unpaired) electrons. The molecule has 21 heavy (non-hydrogen) atoms. The first-order chi connectivity index (χ1) is 10.3. The van der Waals surface area contributed by atoms with Crippen molar-refractivity contribution in [1.29, 1.82) is 0 Å². The highest BCUT2D eigenvalue weighted by atomic mass is 32.2. The highest BCUT2D eigenvalue weighted by Crippen LogP contribution is 2.42. The molecular formula is C17H23N3S. The van der Waals surface area contributed by atoms with Crippen LogP contribution in [-0.2, 0) is 13.0 Å². The zero-order valence-corrected chi connectivity index (χ0v) is 13.6. The molecule has 3 nitrogen and oxygen atoms in total. The van der Waals surface area contributed by atoms with Crippen molar-refractivity contribution in [2.24, 2.45) is 0 Å². The lowest BCUT2D eigenvalue weighted by molar-refractivity contribution is 0.470. The van der Waals surface area contributed by atoms with Gasteiger partial charge in [-0.15, -0.1) is 11.8 Å². The summed E-state index contributed by atoms with van der Waals surface area (Å²) in [7, 11) is 0. The number of nitrogens with one attached hydrogen (secondary N) is 1. The van der Waals surface area contributed by atoms with Gasteiger partial charge >= 0.3 is 0 Å². The van der Waals surface area contributed by atoms with E-state index in [1.54, 1.807) is 0 Å². The van der Waals surface area contributed by atoms with Gasteiger partial charge in [0.1, 0.15) is 5.82 Å². The average Bonchev–Trinajstić information content (AvgIpc) is 3.14. The van der Waals surface area contributed by atoms with E-state index in [0.717, 1.165) is 25.9 Å². The molecule has 1 aliphatic rings. The fourth-order valence-electron chi connectivity index (χ4n) is 2.95. The second-order valence-electron chi connectivity index (χ2n) is 5.47. The van der Waals surface area contributed by atoms with Crippen LogP contribution in [0.15, 0.2) is 41.6 Å². The van der Waals surface area contributed by atoms with E-state index in [-0.39, 0.29) is 0 Å². The number of benzene rings is 1. The van der Waals surface area contributed by atoms with Crippen molar-refractivity contribution in [1.82, 2.24) is 14.9 Å². The van der Waals surface area contributed by atoms with E-state index in [2.05, 4.69) is 59.2 Å². The Hall–Kier alpha value is -1.26. The van der Waals surface area contributed by atoms with E-state index >= 15 is 0 Å². The van der Waals surface area contributed by atoms with Crippen LogP contribution in [-0.4, -0.2) is 21.3 Å². The molecule has 0 saturated carbocycles. The number of fused-ring (bicyclic) bond motifs is 1. The second kappa shape index (κ2) is 6.67. The van der Waals surface area contributed by atoms with Gasteiger partial charge in [-0.25, -0.2) is 4.98 Å². The van der Waals surface area contributed by atoms with E-state index in [9.17, 15) is 0 Å². The quantitative estimate of drug-likeness (QED) is 0.883. The van der Waals surface area contributed by atoms with Crippen molar-refractivity contribution in [3.63, 3.8) is 0 Å². The number of aromatic nitrogens is 2. The Balaban J connectivity index is 1.84. The standard InChI is InChI=1S/C17H23N3S/c1-3-9-18-16(17-19-10-11-20(17)4-2)15-12-13-7-5-6-8-14(13)21-15/h5-8,10-11,15-16,18H,3-4,9,12H2,1-2H3. The Labute approximate surface area is 131 Å². The van der Waals surface area contributed by atoms with Gasteiger partial charge in [-0.05, 0) is 37.9 Å². The van der Waals surface area contributed by atoms with Crippen LogP contribution in [0.2, 0.25) is 0 Å². The number of imidazole rings is 1. The maximum Gasteiger partial charge on any atom is 0.127 e. The van der Waals surface area contributed by atoms with Gasteiger partial charge in [0.15, 0.2) is 0 Å². The topological polar surface area (TPSA) is 29.9 Å². The molecule has 1 aromatic carbocycles. The first kappa shape index (κ1) is 14.7. The van der Waals surface area contributed by atoms with Gasteiger partial charge in [0.05, 0.1) is 6.04 Å². The van der Waals surface area contributed by atoms with E-state index in [4.69, 9.17) is 0 Å². The average molecular weight is 301 g/mol. The predicted octanol–water partition coefficient (Wildman–Crippen LogP) is 3.66. The monoisotopic (exact) mass is 301 g/mol. The third kappa shape index (κ3) is 3.01. The van der Waals surface area contributed by atoms with Gasteiger partial charge in [-0.2, -0.15) is 0 Å². The summed E-state index contributed by atoms with van der Waals surface area (Å²) in [6.45, 7) is 6.41. The molecule has 0 saturated heterocycles. The van der Waals surface area contributed by atoms with Crippen LogP contribution in [0.3, 0.4) is 0 Å². The summed E-state index contributed by atoms with van der Waals surface area (Å²) in [6.07, 6.45) is 6.28. The summed E-state index contributed by atoms with van der Waals surface area (Å²) in [5, 5.41) is 4.25. The van der Waals surface area contributed by atoms with E-state index in [1.807, 2.05) is 18.0 Å². The maximum atomic E-state index is 4.63. The molecule has 1 aromatic heterocycles. The molecule has 3 rings (SSSR count). The summed E-state index contributed by atoms with van der Waals surface area (Å²) < 4.78 is 2.26. The van der Waals surface area contributed by atoms with Gasteiger partial charge in [-0.3, -0.25) is 0 Å². The highest BCUT2D eigenvalue weighted by molar-refractivity contribution is 8.00. The van der Waals surface area contributed by atoms with Crippen molar-refractivity contribution in [3.8, 4) is 0 Å². The maximum absolute atomic E-state index is 4.63. The van der Waals surface area contributed by atoms with Crippen LogP contribution in [0, 0.1) is 0 Å². The van der Waals surface area contributed by atoms with Gasteiger partial charge in [0.25, 0.3) is 0 Å². The predicted molar refractivity (Wildman–Crippen MR) is 88.7 cm³/mol. The smallest absolute Gasteiger partial charge is 0.127 e. The first-order valence-electron chi connectivity index (χ1n) is 7.82. The van der Waals surface area contributed by atoms with Crippen LogP contribution < -0.4 is 5.32 Å². The number of rotatable bonds is 6. The number of aryl methyl sites for hydroxylation is 1. The largest absolute Gasteiger partial charge is 0.334 e. The Morgan fingerprint density at radius 3 is 3.00 bits per heavy atom. The highest BCUT2D eigenvalue weighted by Gasteiger charge is 2.32. The minimum Gasteiger partial charge on any atom is -0.334 e. The summed E-state index contributed by atoms with van der Waals surface area (Å²) >= 11 is 2.00. The zero-order valence-electron chi connectivity index (χ0n) is 12.7. The van der Waals surface area contributed by atoms with Crippen molar-refractivity contribution in [2.45, 2.75) is 49.4 Å². The molecule has 2 heterocycles. The molecule has 0 amide bonds. The summed E-state index contributed by atoms with van der Waals surface area (Å²) in [5.41, 5.74) is 1.48. The molecule has 2 atom stereocenters. The van der Waals surface area contributed by atoms with Crippen molar-refractivity contribution < 1.29 is 0 Å². The lowest BCUT2D eigenvalue weighted by Crippen LogP contribution is -2.33. The molecule has 0 spiro atoms. The number of hydrogen-bond acceptors (Lipinski definition) is 3. The summed E-state index contributed by atoms with van der Waals surface area (Å²) in [6, 6.07) is 9.09. The van der Waals surface area contributed by atoms with Gasteiger partial charge in [0, 0.05) is 29.1 Å². The number of nitrogens with zero attached hydrogens (tertiary/aromatic N) is 2. The first-order valence-corrected chi connectivity index (χ1v) is 8.70. The van der Waals surface area contributed by atoms with Crippen molar-refractivity contribution in [3.05, 3.63) is 48.0 Å². The minimum absolute atomic E-state index is 0.317. The number of hydrogen-bond donors (Lipinski definition) is 1. The summed E-state index contributed by atoms with van der Waals surface area (Å²) in [4.78, 5) is 6.07. The third-order valence-electron chi connectivity index (χ3n) is 4.02. The van der Waals surface area contributed by atoms with E-state index in [1.165, 1.54) is 16.3 Å². The second-order valence-corrected chi connectivity index (χ2v) is 6.75. The SMILES string of the molecule is CCCNC(c1nccn1CC)C1Cc2ccccc2S1. The van der Waals surface area contributed by atoms with Gasteiger partial charge in [-0.1, -0.05) is 25.1 Å². The molecule has 2 aromatic rings. The van der Waals surface area contributed by atoms with Crippen molar-refractivity contribution in [2.75, 3.05) is 6.54 Å². The fourth-order valence-corrected chi connectivity index (χ4v) is 4.35. The lowest BCUT2D eigenvalue weighted by atomic mass is 10.0. The van der Waals surface area contributed by atoms with Crippen LogP contribution >= 0.6 is 11.8 Å². The molecule has 2 unspecified atom stereocenters. The lowest BCUT2D eigenvalue weighted by Gasteiger charge is -2.24. The van der Waals surface area contributed by atoms with Crippen LogP contribution in [0.1, 0.15) is 37.7 Å². The molecule has 0 fully saturated rings. The molecule has 112 valence electrons. The van der Waals surface area contributed by atoms with Crippen LogP contribution in [0.4, 0.5) is 0 Å². The van der Waals surface area contributed by atoms with Crippen molar-refractivity contribution >= 4 is 11.8 Å². The molecular weight excluding hydrogens is 278 g/mol. The molecule has 0 bridgehead atoms. The number of thioether (sulfide) groups is 1. The molecule has 1 N–H and O–H groups in total. The normalized spacial score (nSPS) is 18.7. The Kier molecular flexibility index (Phi) is 4.66. The molecule has 1 aliphatic heterocycles. The zero-order chi connectivity index (χ0) is 14.7. The Morgan fingerprint density at radius 2 is 2.24 bits per heavy atom. The third-order valence-corrected chi connectivity index (χ3v) is 5.42. The van der Waals surface area contributed by atoms with E-state index < -0.39 is 0 Å². The van der Waals surface area contributed by atoms with Crippen LogP contribution in [0.25, 0.3) is 0 Å². The van der Waals surface area contributed by atoms with Gasteiger partial charge < -0.3 is 9.88 Å². The van der Waals surface area contributed by atoms with Gasteiger partial charge in [0.2, 0.25) is 0 Å². The Morgan fingerprint density at radius 1 is 1.38 bits per heavy atom.